The molecule has 0 saturated carbocycles. The molecule has 20 heavy (non-hydrogen) atoms. The van der Waals surface area contributed by atoms with Gasteiger partial charge in [0.1, 0.15) is 0 Å². The van der Waals surface area contributed by atoms with Gasteiger partial charge in [-0.2, -0.15) is 11.8 Å². The summed E-state index contributed by atoms with van der Waals surface area (Å²) in [5, 5.41) is 5.02. The van der Waals surface area contributed by atoms with Gasteiger partial charge in [0, 0.05) is 22.7 Å². The van der Waals surface area contributed by atoms with Crippen molar-refractivity contribution >= 4 is 33.1 Å². The standard InChI is InChI=1S/C13H22N2O2S3/c1-3-14-9-11-12(5-8-18-11)20(16,17)15-10-13(2)6-4-7-19-13/h5,8,14-15H,3-4,6-7,9-10H2,1-2H3. The number of hydrogen-bond donors (Lipinski definition) is 2. The van der Waals surface area contributed by atoms with Crippen molar-refractivity contribution in [2.45, 2.75) is 42.9 Å². The largest absolute Gasteiger partial charge is 0.312 e. The van der Waals surface area contributed by atoms with E-state index in [-0.39, 0.29) is 4.75 Å². The first-order valence-corrected chi connectivity index (χ1v) is 10.2. The Bertz CT molecular complexity index is 534. The fraction of sp³-hybridized carbons (Fsp3) is 0.692. The number of nitrogens with one attached hydrogen (secondary N) is 2. The van der Waals surface area contributed by atoms with Gasteiger partial charge in [0.15, 0.2) is 0 Å². The van der Waals surface area contributed by atoms with E-state index in [4.69, 9.17) is 0 Å². The minimum absolute atomic E-state index is 0.0466. The summed E-state index contributed by atoms with van der Waals surface area (Å²) in [5.74, 6) is 1.13. The van der Waals surface area contributed by atoms with Crippen LogP contribution in [0.4, 0.5) is 0 Å². The zero-order valence-electron chi connectivity index (χ0n) is 11.9. The molecule has 4 nitrogen and oxygen atoms in total. The molecule has 7 heteroatoms. The molecule has 0 aromatic carbocycles. The van der Waals surface area contributed by atoms with Crippen molar-refractivity contribution in [3.05, 3.63) is 16.3 Å². The third-order valence-electron chi connectivity index (χ3n) is 3.47. The zero-order chi connectivity index (χ0) is 14.6. The predicted molar refractivity (Wildman–Crippen MR) is 87.0 cm³/mol. The van der Waals surface area contributed by atoms with Gasteiger partial charge < -0.3 is 5.32 Å². The lowest BCUT2D eigenvalue weighted by atomic mass is 10.1. The highest BCUT2D eigenvalue weighted by Gasteiger charge is 2.31. The third kappa shape index (κ3) is 3.98. The molecular formula is C13H22N2O2S3. The minimum Gasteiger partial charge on any atom is -0.312 e. The molecule has 2 heterocycles. The molecule has 1 saturated heterocycles. The maximum absolute atomic E-state index is 12.4. The molecule has 0 aliphatic carbocycles. The zero-order valence-corrected chi connectivity index (χ0v) is 14.4. The average molecular weight is 335 g/mol. The van der Waals surface area contributed by atoms with Crippen LogP contribution in [0.25, 0.3) is 0 Å². The highest BCUT2D eigenvalue weighted by atomic mass is 32.2. The Labute approximate surface area is 129 Å². The van der Waals surface area contributed by atoms with Crippen LogP contribution in [0.3, 0.4) is 0 Å². The summed E-state index contributed by atoms with van der Waals surface area (Å²) >= 11 is 3.35. The summed E-state index contributed by atoms with van der Waals surface area (Å²) < 4.78 is 27.7. The van der Waals surface area contributed by atoms with Crippen molar-refractivity contribution in [3.63, 3.8) is 0 Å². The van der Waals surface area contributed by atoms with Crippen LogP contribution in [-0.4, -0.2) is 32.0 Å². The molecule has 2 rings (SSSR count). The summed E-state index contributed by atoms with van der Waals surface area (Å²) in [6, 6.07) is 1.70. The normalized spacial score (nSPS) is 23.3. The van der Waals surface area contributed by atoms with Gasteiger partial charge in [-0.25, -0.2) is 13.1 Å². The van der Waals surface area contributed by atoms with Crippen LogP contribution in [0, 0.1) is 0 Å². The first-order valence-electron chi connectivity index (χ1n) is 6.87. The summed E-state index contributed by atoms with van der Waals surface area (Å²) in [6.07, 6.45) is 2.25. The first-order chi connectivity index (χ1) is 9.47. The second-order valence-electron chi connectivity index (χ2n) is 5.21. The van der Waals surface area contributed by atoms with E-state index in [0.29, 0.717) is 18.0 Å². The first kappa shape index (κ1) is 16.3. The molecule has 1 fully saturated rings. The number of thioether (sulfide) groups is 1. The summed E-state index contributed by atoms with van der Waals surface area (Å²) in [5.41, 5.74) is 0. The smallest absolute Gasteiger partial charge is 0.241 e. The van der Waals surface area contributed by atoms with Crippen LogP contribution in [0.2, 0.25) is 0 Å². The maximum Gasteiger partial charge on any atom is 0.241 e. The van der Waals surface area contributed by atoms with Gasteiger partial charge in [0.05, 0.1) is 4.90 Å². The van der Waals surface area contributed by atoms with Gasteiger partial charge in [0.2, 0.25) is 10.0 Å². The van der Waals surface area contributed by atoms with E-state index in [2.05, 4.69) is 17.0 Å². The number of thiophene rings is 1. The van der Waals surface area contributed by atoms with Crippen LogP contribution in [0.15, 0.2) is 16.3 Å². The highest BCUT2D eigenvalue weighted by Crippen LogP contribution is 2.37. The Hall–Kier alpha value is -0.0800. The molecule has 2 N–H and O–H groups in total. The Balaban J connectivity index is 2.04. The van der Waals surface area contributed by atoms with Crippen LogP contribution >= 0.6 is 23.1 Å². The summed E-state index contributed by atoms with van der Waals surface area (Å²) in [7, 11) is -3.40. The van der Waals surface area contributed by atoms with Gasteiger partial charge in [0.25, 0.3) is 0 Å². The molecule has 1 aliphatic heterocycles. The molecule has 0 bridgehead atoms. The molecule has 1 aliphatic rings. The van der Waals surface area contributed by atoms with Crippen molar-refractivity contribution in [1.29, 1.82) is 0 Å². The van der Waals surface area contributed by atoms with E-state index < -0.39 is 10.0 Å². The molecule has 1 unspecified atom stereocenters. The summed E-state index contributed by atoms with van der Waals surface area (Å²) in [4.78, 5) is 1.30. The molecule has 114 valence electrons. The van der Waals surface area contributed by atoms with Crippen molar-refractivity contribution in [2.24, 2.45) is 0 Å². The number of rotatable bonds is 7. The maximum atomic E-state index is 12.4. The Morgan fingerprint density at radius 1 is 1.45 bits per heavy atom. The van der Waals surface area contributed by atoms with Crippen molar-refractivity contribution < 1.29 is 8.42 Å². The average Bonchev–Trinajstić information content (AvgIpc) is 3.04. The molecule has 1 aromatic rings. The van der Waals surface area contributed by atoms with Crippen LogP contribution < -0.4 is 10.0 Å². The van der Waals surface area contributed by atoms with Gasteiger partial charge in [-0.1, -0.05) is 6.92 Å². The highest BCUT2D eigenvalue weighted by molar-refractivity contribution is 8.01. The van der Waals surface area contributed by atoms with Gasteiger partial charge >= 0.3 is 0 Å². The van der Waals surface area contributed by atoms with E-state index in [1.54, 1.807) is 6.07 Å². The van der Waals surface area contributed by atoms with Gasteiger partial charge in [-0.05, 0) is 43.5 Å². The molecular weight excluding hydrogens is 312 g/mol. The number of sulfonamides is 1. The predicted octanol–water partition coefficient (Wildman–Crippen LogP) is 2.42. The molecule has 0 radical (unpaired) electrons. The van der Waals surface area contributed by atoms with Crippen molar-refractivity contribution in [3.8, 4) is 0 Å². The van der Waals surface area contributed by atoms with Crippen LogP contribution in [-0.2, 0) is 16.6 Å². The fourth-order valence-electron chi connectivity index (χ4n) is 2.24. The lowest BCUT2D eigenvalue weighted by molar-refractivity contribution is 0.551. The monoisotopic (exact) mass is 334 g/mol. The van der Waals surface area contributed by atoms with Crippen molar-refractivity contribution in [2.75, 3.05) is 18.8 Å². The molecule has 1 atom stereocenters. The number of hydrogen-bond acceptors (Lipinski definition) is 5. The molecule has 0 amide bonds. The van der Waals surface area contributed by atoms with E-state index in [0.717, 1.165) is 23.6 Å². The lowest BCUT2D eigenvalue weighted by Crippen LogP contribution is -2.37. The minimum atomic E-state index is -3.40. The van der Waals surface area contributed by atoms with Crippen molar-refractivity contribution in [1.82, 2.24) is 10.0 Å². The second kappa shape index (κ2) is 6.79. The molecule has 1 aromatic heterocycles. The Morgan fingerprint density at radius 2 is 2.25 bits per heavy atom. The quantitative estimate of drug-likeness (QED) is 0.804. The Morgan fingerprint density at radius 3 is 2.90 bits per heavy atom. The van der Waals surface area contributed by atoms with Gasteiger partial charge in [-0.15, -0.1) is 11.3 Å². The van der Waals surface area contributed by atoms with Crippen LogP contribution in [0.5, 0.6) is 0 Å². The van der Waals surface area contributed by atoms with Crippen LogP contribution in [0.1, 0.15) is 31.6 Å². The van der Waals surface area contributed by atoms with Gasteiger partial charge in [-0.3, -0.25) is 0 Å². The third-order valence-corrected chi connectivity index (χ3v) is 7.54. The fourth-order valence-corrected chi connectivity index (χ4v) is 6.15. The topological polar surface area (TPSA) is 58.2 Å². The second-order valence-corrected chi connectivity index (χ2v) is 9.63. The Kier molecular flexibility index (Phi) is 5.53. The van der Waals surface area contributed by atoms with E-state index >= 15 is 0 Å². The summed E-state index contributed by atoms with van der Waals surface area (Å²) in [6.45, 7) is 6.10. The molecule has 0 spiro atoms. The lowest BCUT2D eigenvalue weighted by Gasteiger charge is -2.22. The SMILES string of the molecule is CCNCc1sccc1S(=O)(=O)NCC1(C)CCCS1. The van der Waals surface area contributed by atoms with E-state index in [1.807, 2.05) is 24.1 Å². The van der Waals surface area contributed by atoms with E-state index in [9.17, 15) is 8.42 Å². The van der Waals surface area contributed by atoms with E-state index in [1.165, 1.54) is 17.8 Å².